The van der Waals surface area contributed by atoms with Gasteiger partial charge in [0, 0.05) is 18.2 Å². The standard InChI is InChI=1S/C8H17N3/c1-5-11-6-7(9-10-11)8(2,3)4/h6,9-10H,5H2,1-4H3. The molecule has 3 heteroatoms. The maximum atomic E-state index is 3.13. The number of hydrogen-bond donors (Lipinski definition) is 2. The average molecular weight is 155 g/mol. The molecule has 0 bridgehead atoms. The molecule has 0 aromatic carbocycles. The van der Waals surface area contributed by atoms with Crippen molar-refractivity contribution < 1.29 is 0 Å². The van der Waals surface area contributed by atoms with Gasteiger partial charge >= 0.3 is 0 Å². The Morgan fingerprint density at radius 3 is 2.36 bits per heavy atom. The summed E-state index contributed by atoms with van der Waals surface area (Å²) in [5.41, 5.74) is 7.63. The van der Waals surface area contributed by atoms with Crippen LogP contribution in [0.4, 0.5) is 0 Å². The molecule has 0 aliphatic carbocycles. The highest BCUT2D eigenvalue weighted by Gasteiger charge is 2.21. The summed E-state index contributed by atoms with van der Waals surface area (Å²) in [6.07, 6.45) is 2.11. The van der Waals surface area contributed by atoms with E-state index >= 15 is 0 Å². The predicted octanol–water partition coefficient (Wildman–Crippen LogP) is 1.22. The summed E-state index contributed by atoms with van der Waals surface area (Å²) in [6.45, 7) is 9.65. The molecule has 11 heavy (non-hydrogen) atoms. The highest BCUT2D eigenvalue weighted by atomic mass is 15.7. The summed E-state index contributed by atoms with van der Waals surface area (Å²) in [6, 6.07) is 0. The second kappa shape index (κ2) is 2.74. The van der Waals surface area contributed by atoms with Crippen molar-refractivity contribution in [1.82, 2.24) is 16.0 Å². The van der Waals surface area contributed by atoms with Gasteiger partial charge in [-0.3, -0.25) is 5.01 Å². The summed E-state index contributed by atoms with van der Waals surface area (Å²) in [5.74, 6) is 0. The number of hydrazine groups is 2. The van der Waals surface area contributed by atoms with E-state index < -0.39 is 0 Å². The van der Waals surface area contributed by atoms with Gasteiger partial charge in [-0.25, -0.2) is 0 Å². The molecular formula is C8H17N3. The van der Waals surface area contributed by atoms with Crippen molar-refractivity contribution in [2.24, 2.45) is 5.41 Å². The number of nitrogens with zero attached hydrogens (tertiary/aromatic N) is 1. The highest BCUT2D eigenvalue weighted by Crippen LogP contribution is 2.24. The van der Waals surface area contributed by atoms with E-state index in [0.717, 1.165) is 6.54 Å². The van der Waals surface area contributed by atoms with Crippen LogP contribution in [-0.4, -0.2) is 11.6 Å². The van der Waals surface area contributed by atoms with Crippen molar-refractivity contribution in [2.75, 3.05) is 6.54 Å². The first-order valence-electron chi connectivity index (χ1n) is 4.04. The minimum atomic E-state index is 0.205. The van der Waals surface area contributed by atoms with Gasteiger partial charge in [0.2, 0.25) is 0 Å². The fourth-order valence-electron chi connectivity index (χ4n) is 0.904. The third-order valence-corrected chi connectivity index (χ3v) is 1.77. The van der Waals surface area contributed by atoms with Gasteiger partial charge in [-0.1, -0.05) is 20.8 Å². The largest absolute Gasteiger partial charge is 0.306 e. The molecule has 3 nitrogen and oxygen atoms in total. The number of nitrogens with one attached hydrogen (secondary N) is 2. The zero-order chi connectivity index (χ0) is 8.48. The maximum absolute atomic E-state index is 3.13. The monoisotopic (exact) mass is 155 g/mol. The molecule has 2 N–H and O–H groups in total. The van der Waals surface area contributed by atoms with Crippen LogP contribution in [0.25, 0.3) is 0 Å². The first-order valence-corrected chi connectivity index (χ1v) is 4.04. The van der Waals surface area contributed by atoms with E-state index in [-0.39, 0.29) is 5.41 Å². The van der Waals surface area contributed by atoms with Crippen LogP contribution in [0.3, 0.4) is 0 Å². The summed E-state index contributed by atoms with van der Waals surface area (Å²) in [4.78, 5) is 0. The van der Waals surface area contributed by atoms with Crippen LogP contribution in [0.2, 0.25) is 0 Å². The molecule has 0 saturated carbocycles. The summed E-state index contributed by atoms with van der Waals surface area (Å²) >= 11 is 0. The van der Waals surface area contributed by atoms with Gasteiger partial charge < -0.3 is 5.43 Å². The Bertz CT molecular complexity index is 167. The van der Waals surface area contributed by atoms with Gasteiger partial charge in [0.1, 0.15) is 0 Å². The third-order valence-electron chi connectivity index (χ3n) is 1.77. The molecule has 64 valence electrons. The predicted molar refractivity (Wildman–Crippen MR) is 46.2 cm³/mol. The van der Waals surface area contributed by atoms with Gasteiger partial charge in [0.15, 0.2) is 0 Å². The molecular weight excluding hydrogens is 138 g/mol. The fourth-order valence-corrected chi connectivity index (χ4v) is 0.904. The van der Waals surface area contributed by atoms with Crippen LogP contribution in [0.1, 0.15) is 27.7 Å². The van der Waals surface area contributed by atoms with Gasteiger partial charge in [0.25, 0.3) is 0 Å². The molecule has 0 radical (unpaired) electrons. The quantitative estimate of drug-likeness (QED) is 0.596. The lowest BCUT2D eigenvalue weighted by molar-refractivity contribution is 0.280. The minimum absolute atomic E-state index is 0.205. The van der Waals surface area contributed by atoms with Crippen LogP contribution >= 0.6 is 0 Å². The van der Waals surface area contributed by atoms with Crippen LogP contribution in [-0.2, 0) is 0 Å². The topological polar surface area (TPSA) is 27.3 Å². The van der Waals surface area contributed by atoms with E-state index in [4.69, 9.17) is 0 Å². The van der Waals surface area contributed by atoms with Crippen molar-refractivity contribution in [2.45, 2.75) is 27.7 Å². The molecule has 0 fully saturated rings. The molecule has 0 unspecified atom stereocenters. The lowest BCUT2D eigenvalue weighted by atomic mass is 9.93. The molecule has 1 aliphatic rings. The number of hydrogen-bond acceptors (Lipinski definition) is 3. The minimum Gasteiger partial charge on any atom is -0.306 e. The van der Waals surface area contributed by atoms with Crippen LogP contribution < -0.4 is 11.0 Å². The second-order valence-electron chi connectivity index (χ2n) is 3.82. The molecule has 0 spiro atoms. The fraction of sp³-hybridized carbons (Fsp3) is 0.750. The molecule has 0 aromatic rings. The molecule has 0 amide bonds. The molecule has 0 atom stereocenters. The third kappa shape index (κ3) is 1.87. The zero-order valence-corrected chi connectivity index (χ0v) is 7.73. The van der Waals surface area contributed by atoms with Crippen LogP contribution in [0, 0.1) is 5.41 Å². The van der Waals surface area contributed by atoms with Crippen molar-refractivity contribution in [3.05, 3.63) is 11.9 Å². The summed E-state index contributed by atoms with van der Waals surface area (Å²) in [5, 5.41) is 2.03. The normalized spacial score (nSPS) is 18.2. The van der Waals surface area contributed by atoms with Crippen LogP contribution in [0.15, 0.2) is 11.9 Å². The molecule has 0 saturated heterocycles. The van der Waals surface area contributed by atoms with Crippen molar-refractivity contribution in [3.8, 4) is 0 Å². The maximum Gasteiger partial charge on any atom is 0.0506 e. The van der Waals surface area contributed by atoms with E-state index in [1.165, 1.54) is 5.70 Å². The Kier molecular flexibility index (Phi) is 2.09. The SMILES string of the molecule is CCN1C=C(C(C)(C)C)NN1. The van der Waals surface area contributed by atoms with E-state index in [0.29, 0.717) is 0 Å². The Balaban J connectivity index is 2.62. The van der Waals surface area contributed by atoms with E-state index in [1.807, 2.05) is 5.01 Å². The molecule has 1 aliphatic heterocycles. The number of allylic oxidation sites excluding steroid dienone is 1. The van der Waals surface area contributed by atoms with Crippen molar-refractivity contribution >= 4 is 0 Å². The van der Waals surface area contributed by atoms with Gasteiger partial charge in [0.05, 0.1) is 5.70 Å². The van der Waals surface area contributed by atoms with Crippen molar-refractivity contribution in [3.63, 3.8) is 0 Å². The van der Waals surface area contributed by atoms with E-state index in [1.54, 1.807) is 0 Å². The van der Waals surface area contributed by atoms with E-state index in [9.17, 15) is 0 Å². The molecule has 1 rings (SSSR count). The number of rotatable bonds is 1. The summed E-state index contributed by atoms with van der Waals surface area (Å²) < 4.78 is 0. The molecule has 0 aromatic heterocycles. The Hall–Kier alpha value is -0.700. The highest BCUT2D eigenvalue weighted by molar-refractivity contribution is 5.09. The smallest absolute Gasteiger partial charge is 0.0506 e. The summed E-state index contributed by atoms with van der Waals surface area (Å²) in [7, 11) is 0. The Morgan fingerprint density at radius 2 is 2.09 bits per heavy atom. The molecule has 1 heterocycles. The lowest BCUT2D eigenvalue weighted by Crippen LogP contribution is -2.37. The van der Waals surface area contributed by atoms with Gasteiger partial charge in [-0.2, -0.15) is 0 Å². The Morgan fingerprint density at radius 1 is 1.45 bits per heavy atom. The van der Waals surface area contributed by atoms with Crippen molar-refractivity contribution in [1.29, 1.82) is 0 Å². The first kappa shape index (κ1) is 8.40. The average Bonchev–Trinajstić information content (AvgIpc) is 2.32. The zero-order valence-electron chi connectivity index (χ0n) is 7.73. The lowest BCUT2D eigenvalue weighted by Gasteiger charge is -2.18. The van der Waals surface area contributed by atoms with Gasteiger partial charge in [-0.15, -0.1) is 5.53 Å². The second-order valence-corrected chi connectivity index (χ2v) is 3.82. The van der Waals surface area contributed by atoms with Crippen LogP contribution in [0.5, 0.6) is 0 Å². The Labute approximate surface area is 68.4 Å². The van der Waals surface area contributed by atoms with Gasteiger partial charge in [-0.05, 0) is 6.92 Å². The van der Waals surface area contributed by atoms with E-state index in [2.05, 4.69) is 44.9 Å². The first-order chi connectivity index (χ1) is 5.04.